The fourth-order valence-corrected chi connectivity index (χ4v) is 1.99. The third kappa shape index (κ3) is 5.24. The van der Waals surface area contributed by atoms with Gasteiger partial charge in [0.05, 0.1) is 18.8 Å². The van der Waals surface area contributed by atoms with Crippen LogP contribution in [0.1, 0.15) is 16.9 Å². The van der Waals surface area contributed by atoms with E-state index in [0.29, 0.717) is 13.2 Å². The Bertz CT molecular complexity index is 333. The first-order valence-corrected chi connectivity index (χ1v) is 6.11. The van der Waals surface area contributed by atoms with Crippen LogP contribution in [0.3, 0.4) is 0 Å². The maximum Gasteiger partial charge on any atom is 0.100 e. The number of aliphatic hydroxyl groups is 1. The predicted molar refractivity (Wildman–Crippen MR) is 63.3 cm³/mol. The third-order valence-electron chi connectivity index (χ3n) is 1.96. The Morgan fingerprint density at radius 3 is 3.06 bits per heavy atom. The predicted octanol–water partition coefficient (Wildman–Crippen LogP) is 1.11. The summed E-state index contributed by atoms with van der Waals surface area (Å²) in [5.74, 6) is 0. The molecule has 0 saturated heterocycles. The number of thiophene rings is 1. The Labute approximate surface area is 99.5 Å². The fraction of sp³-hybridized carbons (Fsp3) is 0.545. The monoisotopic (exact) mass is 240 g/mol. The van der Waals surface area contributed by atoms with Crippen LogP contribution in [0.4, 0.5) is 0 Å². The Hall–Kier alpha value is -0.930. The lowest BCUT2D eigenvalue weighted by Crippen LogP contribution is -2.16. The minimum Gasteiger partial charge on any atom is -0.394 e. The SMILES string of the molecule is N#Cc1csc(CNCCCOCCO)c1. The van der Waals surface area contributed by atoms with Gasteiger partial charge in [0, 0.05) is 23.4 Å². The van der Waals surface area contributed by atoms with Crippen LogP contribution < -0.4 is 5.32 Å². The average Bonchev–Trinajstić information content (AvgIpc) is 2.76. The summed E-state index contributed by atoms with van der Waals surface area (Å²) in [6.07, 6.45) is 0.927. The second-order valence-corrected chi connectivity index (χ2v) is 4.28. The van der Waals surface area contributed by atoms with Gasteiger partial charge < -0.3 is 15.2 Å². The van der Waals surface area contributed by atoms with Gasteiger partial charge in [-0.05, 0) is 19.0 Å². The van der Waals surface area contributed by atoms with Crippen molar-refractivity contribution in [1.29, 1.82) is 5.26 Å². The van der Waals surface area contributed by atoms with Gasteiger partial charge in [-0.2, -0.15) is 5.26 Å². The first kappa shape index (κ1) is 13.1. The third-order valence-corrected chi connectivity index (χ3v) is 2.90. The summed E-state index contributed by atoms with van der Waals surface area (Å²) in [7, 11) is 0. The van der Waals surface area contributed by atoms with Crippen molar-refractivity contribution in [1.82, 2.24) is 5.32 Å². The van der Waals surface area contributed by atoms with Crippen molar-refractivity contribution in [3.63, 3.8) is 0 Å². The van der Waals surface area contributed by atoms with Gasteiger partial charge in [-0.25, -0.2) is 0 Å². The fourth-order valence-electron chi connectivity index (χ4n) is 1.21. The molecule has 0 atom stereocenters. The topological polar surface area (TPSA) is 65.3 Å². The lowest BCUT2D eigenvalue weighted by Gasteiger charge is -2.03. The summed E-state index contributed by atoms with van der Waals surface area (Å²) in [5, 5.41) is 22.3. The first-order chi connectivity index (χ1) is 7.86. The van der Waals surface area contributed by atoms with E-state index in [1.165, 1.54) is 4.88 Å². The highest BCUT2D eigenvalue weighted by Gasteiger charge is 1.98. The molecule has 1 aromatic rings. The van der Waals surface area contributed by atoms with Crippen LogP contribution in [0.2, 0.25) is 0 Å². The molecule has 88 valence electrons. The number of rotatable bonds is 8. The standard InChI is InChI=1S/C11H16N2O2S/c12-7-10-6-11(16-9-10)8-13-2-1-4-15-5-3-14/h6,9,13-14H,1-5,8H2. The summed E-state index contributed by atoms with van der Waals surface area (Å²) in [6, 6.07) is 4.01. The molecule has 0 unspecified atom stereocenters. The molecule has 0 fully saturated rings. The van der Waals surface area contributed by atoms with Crippen LogP contribution in [0.5, 0.6) is 0 Å². The largest absolute Gasteiger partial charge is 0.394 e. The zero-order chi connectivity index (χ0) is 11.6. The quantitative estimate of drug-likeness (QED) is 0.668. The van der Waals surface area contributed by atoms with Crippen molar-refractivity contribution in [3.8, 4) is 6.07 Å². The normalized spacial score (nSPS) is 10.2. The van der Waals surface area contributed by atoms with E-state index in [9.17, 15) is 0 Å². The number of nitrogens with one attached hydrogen (secondary N) is 1. The van der Waals surface area contributed by atoms with Crippen molar-refractivity contribution in [2.45, 2.75) is 13.0 Å². The van der Waals surface area contributed by atoms with Crippen molar-refractivity contribution in [2.24, 2.45) is 0 Å². The highest BCUT2D eigenvalue weighted by molar-refractivity contribution is 7.10. The summed E-state index contributed by atoms with van der Waals surface area (Å²) in [4.78, 5) is 1.17. The summed E-state index contributed by atoms with van der Waals surface area (Å²) >= 11 is 1.60. The molecule has 0 aliphatic carbocycles. The van der Waals surface area contributed by atoms with E-state index < -0.39 is 0 Å². The average molecular weight is 240 g/mol. The maximum absolute atomic E-state index is 8.64. The van der Waals surface area contributed by atoms with Crippen LogP contribution in [0.15, 0.2) is 11.4 Å². The molecule has 0 bridgehead atoms. The van der Waals surface area contributed by atoms with Crippen LogP contribution in [-0.4, -0.2) is 31.5 Å². The summed E-state index contributed by atoms with van der Waals surface area (Å²) in [5.41, 5.74) is 0.730. The Balaban J connectivity index is 2.01. The molecule has 2 N–H and O–H groups in total. The lowest BCUT2D eigenvalue weighted by molar-refractivity contribution is 0.0907. The molecule has 0 spiro atoms. The molecule has 0 aliphatic rings. The number of aliphatic hydroxyl groups excluding tert-OH is 1. The van der Waals surface area contributed by atoms with Gasteiger partial charge in [-0.1, -0.05) is 0 Å². The molecule has 16 heavy (non-hydrogen) atoms. The summed E-state index contributed by atoms with van der Waals surface area (Å²) in [6.45, 7) is 2.84. The van der Waals surface area contributed by atoms with E-state index in [0.717, 1.165) is 25.1 Å². The van der Waals surface area contributed by atoms with Crippen molar-refractivity contribution in [3.05, 3.63) is 21.9 Å². The van der Waals surface area contributed by atoms with Gasteiger partial charge >= 0.3 is 0 Å². The Morgan fingerprint density at radius 1 is 1.50 bits per heavy atom. The van der Waals surface area contributed by atoms with Crippen LogP contribution in [0, 0.1) is 11.3 Å². The minimum atomic E-state index is 0.0829. The zero-order valence-corrected chi connectivity index (χ0v) is 9.92. The molecule has 0 radical (unpaired) electrons. The number of nitrogens with zero attached hydrogens (tertiary/aromatic N) is 1. The van der Waals surface area contributed by atoms with E-state index in [2.05, 4.69) is 11.4 Å². The second kappa shape index (κ2) is 8.25. The van der Waals surface area contributed by atoms with E-state index in [1.807, 2.05) is 11.4 Å². The van der Waals surface area contributed by atoms with Gasteiger partial charge in [-0.15, -0.1) is 11.3 Å². The molecule has 0 amide bonds. The minimum absolute atomic E-state index is 0.0829. The highest BCUT2D eigenvalue weighted by Crippen LogP contribution is 2.13. The van der Waals surface area contributed by atoms with Crippen molar-refractivity contribution < 1.29 is 9.84 Å². The Kier molecular flexibility index (Phi) is 6.77. The number of hydrogen-bond donors (Lipinski definition) is 2. The van der Waals surface area contributed by atoms with Gasteiger partial charge in [0.2, 0.25) is 0 Å². The first-order valence-electron chi connectivity index (χ1n) is 5.23. The lowest BCUT2D eigenvalue weighted by atomic mass is 10.3. The van der Waals surface area contributed by atoms with E-state index in [4.69, 9.17) is 15.1 Å². The van der Waals surface area contributed by atoms with Gasteiger partial charge in [-0.3, -0.25) is 0 Å². The van der Waals surface area contributed by atoms with Gasteiger partial charge in [0.15, 0.2) is 0 Å². The molecule has 1 aromatic heterocycles. The number of nitriles is 1. The number of ether oxygens (including phenoxy) is 1. The molecular formula is C11H16N2O2S. The molecule has 0 aliphatic heterocycles. The molecule has 0 aromatic carbocycles. The van der Waals surface area contributed by atoms with Crippen LogP contribution in [-0.2, 0) is 11.3 Å². The molecule has 5 heteroatoms. The second-order valence-electron chi connectivity index (χ2n) is 3.28. The molecule has 1 rings (SSSR count). The van der Waals surface area contributed by atoms with Crippen molar-refractivity contribution >= 4 is 11.3 Å². The smallest absolute Gasteiger partial charge is 0.100 e. The van der Waals surface area contributed by atoms with E-state index in [1.54, 1.807) is 11.3 Å². The van der Waals surface area contributed by atoms with Crippen LogP contribution in [0.25, 0.3) is 0 Å². The molecular weight excluding hydrogens is 224 g/mol. The molecule has 4 nitrogen and oxygen atoms in total. The molecule has 0 saturated carbocycles. The van der Waals surface area contributed by atoms with Gasteiger partial charge in [0.25, 0.3) is 0 Å². The maximum atomic E-state index is 8.64. The molecule has 1 heterocycles. The van der Waals surface area contributed by atoms with E-state index >= 15 is 0 Å². The Morgan fingerprint density at radius 2 is 2.38 bits per heavy atom. The highest BCUT2D eigenvalue weighted by atomic mass is 32.1. The number of hydrogen-bond acceptors (Lipinski definition) is 5. The van der Waals surface area contributed by atoms with Gasteiger partial charge in [0.1, 0.15) is 6.07 Å². The summed E-state index contributed by atoms with van der Waals surface area (Å²) < 4.78 is 5.13. The van der Waals surface area contributed by atoms with Crippen LogP contribution >= 0.6 is 11.3 Å². The van der Waals surface area contributed by atoms with E-state index in [-0.39, 0.29) is 6.61 Å². The zero-order valence-electron chi connectivity index (χ0n) is 9.11. The van der Waals surface area contributed by atoms with Crippen molar-refractivity contribution in [2.75, 3.05) is 26.4 Å².